The van der Waals surface area contributed by atoms with Crippen LogP contribution in [0.5, 0.6) is 0 Å². The molecule has 3 unspecified atom stereocenters. The van der Waals surface area contributed by atoms with Gasteiger partial charge in [0.1, 0.15) is 18.2 Å². The lowest BCUT2D eigenvalue weighted by Gasteiger charge is -2.33. The molecule has 0 radical (unpaired) electrons. The molecule has 39 heavy (non-hydrogen) atoms. The number of carbonyl (C=O) groups is 3. The fourth-order valence-electron chi connectivity index (χ4n) is 4.93. The number of hydrogen-bond acceptors (Lipinski definition) is 4. The third kappa shape index (κ3) is 7.83. The quantitative estimate of drug-likeness (QED) is 0.353. The molecule has 3 amide bonds. The Balaban J connectivity index is 1.68. The van der Waals surface area contributed by atoms with Crippen molar-refractivity contribution in [3.8, 4) is 0 Å². The number of hydrogen-bond donors (Lipinski definition) is 2. The van der Waals surface area contributed by atoms with Gasteiger partial charge in [-0.15, -0.1) is 0 Å². The van der Waals surface area contributed by atoms with E-state index in [0.29, 0.717) is 23.6 Å². The van der Waals surface area contributed by atoms with E-state index < -0.39 is 23.6 Å². The largest absolute Gasteiger partial charge is 0.459 e. The lowest BCUT2D eigenvalue weighted by molar-refractivity contribution is -0.160. The van der Waals surface area contributed by atoms with Crippen molar-refractivity contribution in [3.63, 3.8) is 0 Å². The first-order valence-electron chi connectivity index (χ1n) is 13.0. The van der Waals surface area contributed by atoms with Crippen LogP contribution in [0.25, 0.3) is 0 Å². The van der Waals surface area contributed by atoms with Crippen LogP contribution in [-0.2, 0) is 14.3 Å². The Labute approximate surface area is 234 Å². The van der Waals surface area contributed by atoms with Crippen LogP contribution in [0.1, 0.15) is 56.7 Å². The molecule has 0 saturated carbocycles. The van der Waals surface area contributed by atoms with Gasteiger partial charge in [-0.25, -0.2) is 4.79 Å². The van der Waals surface area contributed by atoms with Gasteiger partial charge >= 0.3 is 12.0 Å². The number of anilines is 1. The number of amides is 3. The van der Waals surface area contributed by atoms with Gasteiger partial charge in [0.05, 0.1) is 6.04 Å². The van der Waals surface area contributed by atoms with E-state index in [9.17, 15) is 14.4 Å². The van der Waals surface area contributed by atoms with Crippen LogP contribution >= 0.6 is 11.6 Å². The Morgan fingerprint density at radius 1 is 0.923 bits per heavy atom. The maximum absolute atomic E-state index is 14.1. The first-order valence-corrected chi connectivity index (χ1v) is 13.4. The maximum atomic E-state index is 14.1. The molecule has 3 atom stereocenters. The summed E-state index contributed by atoms with van der Waals surface area (Å²) >= 11 is 6.06. The second kappa shape index (κ2) is 12.3. The third-order valence-electron chi connectivity index (χ3n) is 6.55. The van der Waals surface area contributed by atoms with Crippen molar-refractivity contribution in [1.29, 1.82) is 0 Å². The maximum Gasteiger partial charge on any atom is 0.326 e. The minimum Gasteiger partial charge on any atom is -0.459 e. The molecule has 7 nitrogen and oxygen atoms in total. The number of carbonyl (C=O) groups excluding carboxylic acids is 3. The van der Waals surface area contributed by atoms with Crippen molar-refractivity contribution < 1.29 is 19.1 Å². The molecular formula is C31H34ClN3O4. The topological polar surface area (TPSA) is 87.7 Å². The molecule has 0 aromatic heterocycles. The molecule has 1 heterocycles. The smallest absolute Gasteiger partial charge is 0.326 e. The summed E-state index contributed by atoms with van der Waals surface area (Å²) in [5, 5.41) is 6.10. The van der Waals surface area contributed by atoms with Crippen LogP contribution in [0.2, 0.25) is 5.02 Å². The highest BCUT2D eigenvalue weighted by Crippen LogP contribution is 2.39. The molecule has 1 aliphatic heterocycles. The molecule has 0 spiro atoms. The number of nitrogens with one attached hydrogen (secondary N) is 2. The number of ether oxygens (including phenoxy) is 1. The Kier molecular flexibility index (Phi) is 8.92. The number of benzene rings is 3. The summed E-state index contributed by atoms with van der Waals surface area (Å²) in [6.07, 6.45) is 0.955. The van der Waals surface area contributed by atoms with E-state index in [1.165, 1.54) is 0 Å². The van der Waals surface area contributed by atoms with E-state index in [-0.39, 0.29) is 24.4 Å². The van der Waals surface area contributed by atoms with Crippen molar-refractivity contribution in [2.45, 2.75) is 57.2 Å². The molecule has 1 aliphatic rings. The van der Waals surface area contributed by atoms with Crippen LogP contribution in [0.4, 0.5) is 10.5 Å². The molecular weight excluding hydrogens is 514 g/mol. The zero-order valence-corrected chi connectivity index (χ0v) is 23.2. The van der Waals surface area contributed by atoms with Gasteiger partial charge in [-0.1, -0.05) is 78.3 Å². The molecule has 8 heteroatoms. The second-order valence-electron chi connectivity index (χ2n) is 10.7. The standard InChI is InChI=1S/C31H34ClN3O4/c1-31(2,3)39-28(36)20-35-27(22-13-8-5-9-14-22)18-23(21-11-6-4-7-12-21)17-26(29(35)37)34-30(38)33-25-16-10-15-24(32)19-25/h4-16,19,23,26-27H,17-18,20H2,1-3H3,(H2,33,34,38). The fourth-order valence-corrected chi connectivity index (χ4v) is 5.12. The monoisotopic (exact) mass is 547 g/mol. The Morgan fingerprint density at radius 3 is 2.18 bits per heavy atom. The molecule has 3 aromatic carbocycles. The highest BCUT2D eigenvalue weighted by Gasteiger charge is 2.40. The van der Waals surface area contributed by atoms with Crippen LogP contribution in [-0.4, -0.2) is 41.0 Å². The van der Waals surface area contributed by atoms with Gasteiger partial charge in [-0.2, -0.15) is 0 Å². The highest BCUT2D eigenvalue weighted by atomic mass is 35.5. The second-order valence-corrected chi connectivity index (χ2v) is 11.2. The fraction of sp³-hybridized carbons (Fsp3) is 0.323. The van der Waals surface area contributed by atoms with Gasteiger partial charge in [-0.3, -0.25) is 9.59 Å². The highest BCUT2D eigenvalue weighted by molar-refractivity contribution is 6.30. The van der Waals surface area contributed by atoms with Crippen molar-refractivity contribution in [3.05, 3.63) is 101 Å². The summed E-state index contributed by atoms with van der Waals surface area (Å²) in [4.78, 5) is 41.7. The summed E-state index contributed by atoms with van der Waals surface area (Å²) in [5.74, 6) is -0.896. The molecule has 0 bridgehead atoms. The summed E-state index contributed by atoms with van der Waals surface area (Å²) < 4.78 is 5.59. The minimum atomic E-state index is -0.870. The number of nitrogens with zero attached hydrogens (tertiary/aromatic N) is 1. The average Bonchev–Trinajstić information content (AvgIpc) is 3.01. The third-order valence-corrected chi connectivity index (χ3v) is 6.78. The molecule has 0 aliphatic carbocycles. The number of halogens is 1. The molecule has 1 fully saturated rings. The lowest BCUT2D eigenvalue weighted by atomic mass is 9.86. The van der Waals surface area contributed by atoms with Gasteiger partial charge in [-0.05, 0) is 68.9 Å². The predicted molar refractivity (Wildman–Crippen MR) is 153 cm³/mol. The lowest BCUT2D eigenvalue weighted by Crippen LogP contribution is -2.51. The van der Waals surface area contributed by atoms with Crippen molar-refractivity contribution in [2.75, 3.05) is 11.9 Å². The van der Waals surface area contributed by atoms with Gasteiger partial charge in [0.2, 0.25) is 5.91 Å². The zero-order valence-electron chi connectivity index (χ0n) is 22.4. The Bertz CT molecular complexity index is 1290. The summed E-state index contributed by atoms with van der Waals surface area (Å²) in [6.45, 7) is 5.14. The molecule has 1 saturated heterocycles. The molecule has 2 N–H and O–H groups in total. The van der Waals surface area contributed by atoms with Crippen LogP contribution < -0.4 is 10.6 Å². The first kappa shape index (κ1) is 28.2. The first-order chi connectivity index (χ1) is 18.6. The SMILES string of the molecule is CC(C)(C)OC(=O)CN1C(=O)C(NC(=O)Nc2cccc(Cl)c2)CC(c2ccccc2)CC1c1ccccc1. The van der Waals surface area contributed by atoms with E-state index in [1.807, 2.05) is 60.7 Å². The Morgan fingerprint density at radius 2 is 1.56 bits per heavy atom. The number of urea groups is 1. The van der Waals surface area contributed by atoms with Crippen molar-refractivity contribution in [1.82, 2.24) is 10.2 Å². The number of likely N-dealkylation sites (tertiary alicyclic amines) is 1. The van der Waals surface area contributed by atoms with Gasteiger partial charge in [0.25, 0.3) is 0 Å². The number of rotatable bonds is 6. The van der Waals surface area contributed by atoms with Gasteiger partial charge in [0, 0.05) is 10.7 Å². The summed E-state index contributed by atoms with van der Waals surface area (Å²) in [7, 11) is 0. The number of esters is 1. The van der Waals surface area contributed by atoms with E-state index in [1.54, 1.807) is 49.9 Å². The van der Waals surface area contributed by atoms with Gasteiger partial charge in [0.15, 0.2) is 0 Å². The average molecular weight is 548 g/mol. The Hall–Kier alpha value is -3.84. The van der Waals surface area contributed by atoms with E-state index in [4.69, 9.17) is 16.3 Å². The predicted octanol–water partition coefficient (Wildman–Crippen LogP) is 6.32. The van der Waals surface area contributed by atoms with Crippen molar-refractivity contribution in [2.24, 2.45) is 0 Å². The van der Waals surface area contributed by atoms with Crippen LogP contribution in [0.3, 0.4) is 0 Å². The zero-order chi connectivity index (χ0) is 28.0. The molecule has 4 rings (SSSR count). The summed E-state index contributed by atoms with van der Waals surface area (Å²) in [5.41, 5.74) is 1.79. The molecule has 204 valence electrons. The molecule has 3 aromatic rings. The minimum absolute atomic E-state index is 0.0551. The van der Waals surface area contributed by atoms with E-state index in [0.717, 1.165) is 11.1 Å². The summed E-state index contributed by atoms with van der Waals surface area (Å²) in [6, 6.07) is 24.6. The van der Waals surface area contributed by atoms with Crippen LogP contribution in [0.15, 0.2) is 84.9 Å². The van der Waals surface area contributed by atoms with Gasteiger partial charge < -0.3 is 20.3 Å². The normalized spacial score (nSPS) is 19.6. The van der Waals surface area contributed by atoms with E-state index >= 15 is 0 Å². The van der Waals surface area contributed by atoms with E-state index in [2.05, 4.69) is 10.6 Å². The van der Waals surface area contributed by atoms with Crippen molar-refractivity contribution >= 4 is 35.2 Å². The van der Waals surface area contributed by atoms with Crippen LogP contribution in [0, 0.1) is 0 Å².